The molecule has 6 heteroatoms. The Kier molecular flexibility index (Phi) is 4.93. The van der Waals surface area contributed by atoms with E-state index in [1.807, 2.05) is 0 Å². The third kappa shape index (κ3) is 4.34. The first kappa shape index (κ1) is 14.6. The van der Waals surface area contributed by atoms with Crippen LogP contribution in [0.3, 0.4) is 0 Å². The first-order valence-corrected chi connectivity index (χ1v) is 5.51. The summed E-state index contributed by atoms with van der Waals surface area (Å²) in [5, 5.41) is 10.7. The van der Waals surface area contributed by atoms with Gasteiger partial charge in [0.2, 0.25) is 6.54 Å². The number of nitro groups is 1. The van der Waals surface area contributed by atoms with Gasteiger partial charge < -0.3 is 4.74 Å². The lowest BCUT2D eigenvalue weighted by atomic mass is 10.0. The van der Waals surface area contributed by atoms with Crippen LogP contribution < -0.4 is 0 Å². The molecule has 1 aromatic rings. The smallest absolute Gasteiger partial charge is 0.308 e. The number of hydrogen-bond acceptors (Lipinski definition) is 5. The number of benzene rings is 1. The van der Waals surface area contributed by atoms with E-state index in [1.165, 1.54) is 6.92 Å². The Labute approximate surface area is 109 Å². The monoisotopic (exact) mass is 263 g/mol. The number of Topliss-reactive ketones (excluding diaryl/α,β-unsaturated/α-hetero) is 1. The van der Waals surface area contributed by atoms with Crippen molar-refractivity contribution in [1.82, 2.24) is 0 Å². The summed E-state index contributed by atoms with van der Waals surface area (Å²) < 4.78 is 4.82. The molecule has 0 aliphatic heterocycles. The summed E-state index contributed by atoms with van der Waals surface area (Å²) in [7, 11) is 0. The van der Waals surface area contributed by atoms with Crippen LogP contribution in [0.15, 0.2) is 36.1 Å². The first-order valence-electron chi connectivity index (χ1n) is 5.51. The highest BCUT2D eigenvalue weighted by atomic mass is 16.6. The zero-order valence-corrected chi connectivity index (χ0v) is 10.6. The van der Waals surface area contributed by atoms with Gasteiger partial charge in [0.1, 0.15) is 0 Å². The van der Waals surface area contributed by atoms with Crippen LogP contribution in [0.25, 0.3) is 5.57 Å². The van der Waals surface area contributed by atoms with Gasteiger partial charge in [-0.1, -0.05) is 30.3 Å². The summed E-state index contributed by atoms with van der Waals surface area (Å²) in [6, 6.07) is 8.34. The molecule has 19 heavy (non-hydrogen) atoms. The second kappa shape index (κ2) is 6.44. The van der Waals surface area contributed by atoms with Crippen molar-refractivity contribution in [3.05, 3.63) is 51.8 Å². The van der Waals surface area contributed by atoms with Crippen molar-refractivity contribution < 1.29 is 19.2 Å². The van der Waals surface area contributed by atoms with E-state index in [4.69, 9.17) is 4.74 Å². The Bertz CT molecular complexity index is 533. The van der Waals surface area contributed by atoms with Gasteiger partial charge in [0.05, 0.1) is 5.57 Å². The van der Waals surface area contributed by atoms with Crippen LogP contribution in [-0.2, 0) is 14.3 Å². The molecule has 0 heterocycles. The lowest BCUT2D eigenvalue weighted by Crippen LogP contribution is -2.14. The molecule has 1 rings (SSSR count). The van der Waals surface area contributed by atoms with E-state index in [0.29, 0.717) is 5.56 Å². The third-order valence-electron chi connectivity index (χ3n) is 2.25. The van der Waals surface area contributed by atoms with Crippen LogP contribution in [0, 0.1) is 10.1 Å². The third-order valence-corrected chi connectivity index (χ3v) is 2.25. The molecular formula is C13H13NO5. The Balaban J connectivity index is 3.37. The van der Waals surface area contributed by atoms with Crippen LogP contribution in [0.5, 0.6) is 0 Å². The van der Waals surface area contributed by atoms with Crippen LogP contribution >= 0.6 is 0 Å². The molecule has 1 aromatic carbocycles. The second-order valence-electron chi connectivity index (χ2n) is 3.81. The molecule has 0 fully saturated rings. The highest BCUT2D eigenvalue weighted by molar-refractivity contribution is 6.01. The van der Waals surface area contributed by atoms with Crippen molar-refractivity contribution in [3.8, 4) is 0 Å². The highest BCUT2D eigenvalue weighted by Crippen LogP contribution is 2.21. The Morgan fingerprint density at radius 3 is 2.21 bits per heavy atom. The topological polar surface area (TPSA) is 86.5 Å². The summed E-state index contributed by atoms with van der Waals surface area (Å²) in [6.45, 7) is 1.74. The fraction of sp³-hybridized carbons (Fsp3) is 0.231. The minimum atomic E-state index is -0.693. The zero-order valence-electron chi connectivity index (χ0n) is 10.6. The van der Waals surface area contributed by atoms with Gasteiger partial charge in [0, 0.05) is 18.8 Å². The predicted octanol–water partition coefficient (Wildman–Crippen LogP) is 1.83. The quantitative estimate of drug-likeness (QED) is 0.266. The molecule has 0 saturated carbocycles. The lowest BCUT2D eigenvalue weighted by molar-refractivity contribution is -0.465. The molecule has 100 valence electrons. The second-order valence-corrected chi connectivity index (χ2v) is 3.81. The van der Waals surface area contributed by atoms with E-state index in [-0.39, 0.29) is 11.3 Å². The van der Waals surface area contributed by atoms with E-state index in [0.717, 1.165) is 6.92 Å². The minimum absolute atomic E-state index is 0.0910. The summed E-state index contributed by atoms with van der Waals surface area (Å²) in [5.74, 6) is -1.51. The van der Waals surface area contributed by atoms with Crippen molar-refractivity contribution in [2.24, 2.45) is 0 Å². The fourth-order valence-electron chi connectivity index (χ4n) is 1.55. The standard InChI is InChI=1S/C13H13NO5/c1-9(15)13(19-10(2)16)12(8-14(17)18)11-6-4-3-5-7-11/h3-7H,8H2,1-2H3/b13-12+. The van der Waals surface area contributed by atoms with Crippen molar-refractivity contribution in [1.29, 1.82) is 0 Å². The molecule has 0 amide bonds. The Morgan fingerprint density at radius 2 is 1.79 bits per heavy atom. The van der Waals surface area contributed by atoms with E-state index < -0.39 is 23.2 Å². The normalized spacial score (nSPS) is 11.5. The van der Waals surface area contributed by atoms with Crippen LogP contribution in [0.2, 0.25) is 0 Å². The molecular weight excluding hydrogens is 250 g/mol. The fourth-order valence-corrected chi connectivity index (χ4v) is 1.55. The van der Waals surface area contributed by atoms with Crippen LogP contribution in [0.1, 0.15) is 19.4 Å². The molecule has 0 spiro atoms. The molecule has 0 saturated heterocycles. The number of carbonyl (C=O) groups excluding carboxylic acids is 2. The molecule has 0 aliphatic rings. The average molecular weight is 263 g/mol. The van der Waals surface area contributed by atoms with Crippen molar-refractivity contribution >= 4 is 17.3 Å². The summed E-state index contributed by atoms with van der Waals surface area (Å²) in [6.07, 6.45) is 0. The average Bonchev–Trinajstić information content (AvgIpc) is 2.33. The molecule has 0 N–H and O–H groups in total. The number of nitrogens with zero attached hydrogens (tertiary/aromatic N) is 1. The van der Waals surface area contributed by atoms with Gasteiger partial charge in [-0.15, -0.1) is 0 Å². The number of rotatable bonds is 5. The predicted molar refractivity (Wildman–Crippen MR) is 67.7 cm³/mol. The van der Waals surface area contributed by atoms with Crippen LogP contribution in [0.4, 0.5) is 0 Å². The number of carbonyl (C=O) groups is 2. The van der Waals surface area contributed by atoms with Gasteiger partial charge in [0.25, 0.3) is 0 Å². The van der Waals surface area contributed by atoms with E-state index in [9.17, 15) is 19.7 Å². The minimum Gasteiger partial charge on any atom is -0.422 e. The maximum absolute atomic E-state index is 11.5. The molecule has 0 radical (unpaired) electrons. The number of ketones is 1. The zero-order chi connectivity index (χ0) is 14.4. The van der Waals surface area contributed by atoms with Crippen molar-refractivity contribution in [2.75, 3.05) is 6.54 Å². The van der Waals surface area contributed by atoms with E-state index in [1.54, 1.807) is 30.3 Å². The maximum Gasteiger partial charge on any atom is 0.308 e. The molecule has 0 atom stereocenters. The van der Waals surface area contributed by atoms with Gasteiger partial charge >= 0.3 is 5.97 Å². The van der Waals surface area contributed by atoms with E-state index >= 15 is 0 Å². The van der Waals surface area contributed by atoms with Gasteiger partial charge in [-0.3, -0.25) is 19.7 Å². The number of esters is 1. The van der Waals surface area contributed by atoms with Gasteiger partial charge in [-0.2, -0.15) is 0 Å². The Hall–Kier alpha value is -2.50. The molecule has 0 bridgehead atoms. The Morgan fingerprint density at radius 1 is 1.21 bits per heavy atom. The molecule has 6 nitrogen and oxygen atoms in total. The number of allylic oxidation sites excluding steroid dienone is 1. The lowest BCUT2D eigenvalue weighted by Gasteiger charge is -2.09. The highest BCUT2D eigenvalue weighted by Gasteiger charge is 2.21. The SMILES string of the molecule is CC(=O)O/C(C(C)=O)=C(\C[N+](=O)[O-])c1ccccc1. The van der Waals surface area contributed by atoms with Gasteiger partial charge in [0.15, 0.2) is 11.5 Å². The summed E-state index contributed by atoms with van der Waals surface area (Å²) >= 11 is 0. The molecule has 0 aromatic heterocycles. The van der Waals surface area contributed by atoms with Crippen molar-refractivity contribution in [2.45, 2.75) is 13.8 Å². The maximum atomic E-state index is 11.5. The van der Waals surface area contributed by atoms with Crippen molar-refractivity contribution in [3.63, 3.8) is 0 Å². The van der Waals surface area contributed by atoms with E-state index in [2.05, 4.69) is 0 Å². The van der Waals surface area contributed by atoms with Crippen LogP contribution in [-0.4, -0.2) is 23.2 Å². The molecule has 0 aliphatic carbocycles. The summed E-state index contributed by atoms with van der Waals surface area (Å²) in [4.78, 5) is 32.7. The van der Waals surface area contributed by atoms with Gasteiger partial charge in [-0.25, -0.2) is 0 Å². The number of ether oxygens (including phenoxy) is 1. The summed E-state index contributed by atoms with van der Waals surface area (Å²) in [5.41, 5.74) is 0.568. The first-order chi connectivity index (χ1) is 8.91. The molecule has 0 unspecified atom stereocenters. The largest absolute Gasteiger partial charge is 0.422 e. The van der Waals surface area contributed by atoms with Gasteiger partial charge in [-0.05, 0) is 5.56 Å². The number of hydrogen-bond donors (Lipinski definition) is 0.